The van der Waals surface area contributed by atoms with Gasteiger partial charge in [0.1, 0.15) is 18.1 Å². The fourth-order valence-electron chi connectivity index (χ4n) is 3.04. The van der Waals surface area contributed by atoms with Gasteiger partial charge in [-0.2, -0.15) is 11.8 Å². The number of hydrogen-bond acceptors (Lipinski definition) is 8. The Morgan fingerprint density at radius 1 is 0.971 bits per heavy atom. The first-order valence-corrected chi connectivity index (χ1v) is 12.2. The summed E-state index contributed by atoms with van der Waals surface area (Å²) in [6.45, 7) is 1.25. The molecule has 194 valence electrons. The summed E-state index contributed by atoms with van der Waals surface area (Å²) in [4.78, 5) is 61.1. The molecule has 5 unspecified atom stereocenters. The highest BCUT2D eigenvalue weighted by Crippen LogP contribution is 2.06. The van der Waals surface area contributed by atoms with Crippen LogP contribution in [0, 0.1) is 0 Å². The van der Waals surface area contributed by atoms with E-state index in [0.29, 0.717) is 17.7 Å². The van der Waals surface area contributed by atoms with E-state index in [9.17, 15) is 34.2 Å². The monoisotopic (exact) mass is 511 g/mol. The molecule has 0 bridgehead atoms. The third kappa shape index (κ3) is 10.8. The molecule has 35 heavy (non-hydrogen) atoms. The van der Waals surface area contributed by atoms with Crippen molar-refractivity contribution >= 4 is 41.4 Å². The first kappa shape index (κ1) is 29.9. The van der Waals surface area contributed by atoms with Gasteiger partial charge in [-0.3, -0.25) is 19.2 Å². The van der Waals surface area contributed by atoms with Crippen molar-refractivity contribution in [1.82, 2.24) is 16.0 Å². The molecule has 12 nitrogen and oxygen atoms in total. The molecule has 0 aliphatic heterocycles. The van der Waals surface area contributed by atoms with E-state index >= 15 is 0 Å². The van der Waals surface area contributed by atoms with Gasteiger partial charge >= 0.3 is 5.97 Å². The lowest BCUT2D eigenvalue weighted by molar-refractivity contribution is -0.142. The van der Waals surface area contributed by atoms with Crippen molar-refractivity contribution in [1.29, 1.82) is 0 Å². The number of aliphatic hydroxyl groups excluding tert-OH is 1. The Bertz CT molecular complexity index is 884. The van der Waals surface area contributed by atoms with Crippen LogP contribution in [0.15, 0.2) is 30.3 Å². The van der Waals surface area contributed by atoms with E-state index < -0.39 is 66.3 Å². The summed E-state index contributed by atoms with van der Waals surface area (Å²) in [5.74, 6) is -4.26. The van der Waals surface area contributed by atoms with E-state index in [2.05, 4.69) is 16.0 Å². The topological polar surface area (TPSA) is 214 Å². The molecule has 1 aromatic carbocycles. The number of aliphatic carboxylic acids is 1. The van der Waals surface area contributed by atoms with Gasteiger partial charge in [-0.15, -0.1) is 0 Å². The van der Waals surface area contributed by atoms with Gasteiger partial charge in [-0.1, -0.05) is 30.3 Å². The smallest absolute Gasteiger partial charge is 0.326 e. The number of nitrogens with one attached hydrogen (secondary N) is 3. The van der Waals surface area contributed by atoms with Crippen LogP contribution in [-0.2, 0) is 30.4 Å². The molecule has 0 aliphatic carbocycles. The molecule has 0 heterocycles. The minimum atomic E-state index is -1.54. The molecule has 0 radical (unpaired) electrons. The first-order chi connectivity index (χ1) is 16.5. The van der Waals surface area contributed by atoms with E-state index in [-0.39, 0.29) is 6.42 Å². The molecule has 0 aliphatic rings. The number of carboxylic acid groups (broad SMARTS) is 1. The lowest BCUT2D eigenvalue weighted by Gasteiger charge is -2.26. The minimum Gasteiger partial charge on any atom is -0.480 e. The zero-order valence-corrected chi connectivity index (χ0v) is 20.4. The van der Waals surface area contributed by atoms with E-state index in [1.54, 1.807) is 30.3 Å². The predicted octanol–water partition coefficient (Wildman–Crippen LogP) is -1.90. The lowest BCUT2D eigenvalue weighted by Crippen LogP contribution is -2.60. The number of carboxylic acids is 1. The number of thioether (sulfide) groups is 1. The quantitative estimate of drug-likeness (QED) is 0.140. The van der Waals surface area contributed by atoms with Crippen LogP contribution in [0.25, 0.3) is 0 Å². The van der Waals surface area contributed by atoms with E-state index in [1.807, 2.05) is 6.26 Å². The van der Waals surface area contributed by atoms with Crippen LogP contribution in [0.2, 0.25) is 0 Å². The van der Waals surface area contributed by atoms with Gasteiger partial charge < -0.3 is 37.6 Å². The van der Waals surface area contributed by atoms with Gasteiger partial charge in [-0.05, 0) is 30.9 Å². The number of hydrogen-bond donors (Lipinski definition) is 7. The zero-order chi connectivity index (χ0) is 26.5. The van der Waals surface area contributed by atoms with Gasteiger partial charge in [0, 0.05) is 6.42 Å². The SMILES string of the molecule is CSCCC(N)C(=O)NC(C(=O)NC(CC(N)=O)C(=O)NC(Cc1ccccc1)C(=O)O)C(C)O. The van der Waals surface area contributed by atoms with Gasteiger partial charge in [0.15, 0.2) is 0 Å². The summed E-state index contributed by atoms with van der Waals surface area (Å²) in [5.41, 5.74) is 11.6. The van der Waals surface area contributed by atoms with Crippen molar-refractivity contribution in [2.45, 2.75) is 56.5 Å². The second-order valence-corrected chi connectivity index (χ2v) is 8.92. The molecule has 0 aromatic heterocycles. The Hall–Kier alpha value is -3.16. The normalized spacial score (nSPS) is 15.1. The number of primary amides is 1. The van der Waals surface area contributed by atoms with E-state index in [0.717, 1.165) is 0 Å². The largest absolute Gasteiger partial charge is 0.480 e. The third-order valence-corrected chi connectivity index (χ3v) is 5.61. The van der Waals surface area contributed by atoms with Crippen LogP contribution in [0.3, 0.4) is 0 Å². The highest BCUT2D eigenvalue weighted by atomic mass is 32.2. The van der Waals surface area contributed by atoms with Gasteiger partial charge in [0.25, 0.3) is 0 Å². The van der Waals surface area contributed by atoms with Gasteiger partial charge in [0.2, 0.25) is 23.6 Å². The maximum absolute atomic E-state index is 12.8. The number of rotatable bonds is 15. The highest BCUT2D eigenvalue weighted by molar-refractivity contribution is 7.98. The minimum absolute atomic E-state index is 0.0422. The maximum Gasteiger partial charge on any atom is 0.326 e. The Kier molecular flexibility index (Phi) is 12.8. The van der Waals surface area contributed by atoms with Crippen LogP contribution >= 0.6 is 11.8 Å². The maximum atomic E-state index is 12.8. The van der Waals surface area contributed by atoms with E-state index in [1.165, 1.54) is 18.7 Å². The highest BCUT2D eigenvalue weighted by Gasteiger charge is 2.33. The molecule has 4 amide bonds. The number of amides is 4. The van der Waals surface area contributed by atoms with Crippen molar-refractivity contribution in [3.8, 4) is 0 Å². The lowest BCUT2D eigenvalue weighted by atomic mass is 10.0. The van der Waals surface area contributed by atoms with Gasteiger partial charge in [-0.25, -0.2) is 4.79 Å². The Labute approximate surface area is 207 Å². The molecule has 1 rings (SSSR count). The molecule has 0 saturated heterocycles. The fourth-order valence-corrected chi connectivity index (χ4v) is 3.53. The van der Waals surface area contributed by atoms with Crippen molar-refractivity contribution in [2.24, 2.45) is 11.5 Å². The van der Waals surface area contributed by atoms with Crippen LogP contribution in [0.1, 0.15) is 25.3 Å². The summed E-state index contributed by atoms with van der Waals surface area (Å²) in [6.07, 6.45) is 0.137. The number of benzene rings is 1. The van der Waals surface area contributed by atoms with Gasteiger partial charge in [0.05, 0.1) is 18.6 Å². The first-order valence-electron chi connectivity index (χ1n) is 10.8. The summed E-state index contributed by atoms with van der Waals surface area (Å²) >= 11 is 1.48. The molecule has 0 saturated carbocycles. The summed E-state index contributed by atoms with van der Waals surface area (Å²) in [5, 5.41) is 26.4. The van der Waals surface area contributed by atoms with Crippen LogP contribution in [0.5, 0.6) is 0 Å². The summed E-state index contributed by atoms with van der Waals surface area (Å²) < 4.78 is 0. The summed E-state index contributed by atoms with van der Waals surface area (Å²) in [6, 6.07) is 3.26. The van der Waals surface area contributed by atoms with Crippen LogP contribution < -0.4 is 27.4 Å². The van der Waals surface area contributed by atoms with Crippen LogP contribution in [0.4, 0.5) is 0 Å². The van der Waals surface area contributed by atoms with Crippen molar-refractivity contribution < 1.29 is 34.2 Å². The number of carbonyl (C=O) groups is 5. The molecule has 9 N–H and O–H groups in total. The fraction of sp³-hybridized carbons (Fsp3) is 0.500. The molecule has 1 aromatic rings. The molecular weight excluding hydrogens is 478 g/mol. The average Bonchev–Trinajstić information content (AvgIpc) is 2.79. The molecule has 13 heteroatoms. The standard InChI is InChI=1S/C22H33N5O7S/c1-12(28)18(27-19(30)14(23)8-9-35-2)21(32)25-15(11-17(24)29)20(31)26-16(22(33)34)10-13-6-4-3-5-7-13/h3-7,12,14-16,18,28H,8-11,23H2,1-2H3,(H2,24,29)(H,25,32)(H,26,31)(H,27,30)(H,33,34). The van der Waals surface area contributed by atoms with Crippen LogP contribution in [-0.4, -0.2) is 82.1 Å². The predicted molar refractivity (Wildman–Crippen MR) is 130 cm³/mol. The second-order valence-electron chi connectivity index (χ2n) is 7.94. The summed E-state index contributed by atoms with van der Waals surface area (Å²) in [7, 11) is 0. The molecule has 0 fully saturated rings. The Morgan fingerprint density at radius 3 is 2.09 bits per heavy atom. The zero-order valence-electron chi connectivity index (χ0n) is 19.6. The van der Waals surface area contributed by atoms with Crippen molar-refractivity contribution in [3.05, 3.63) is 35.9 Å². The number of nitrogens with two attached hydrogens (primary N) is 2. The molecule has 0 spiro atoms. The molecular formula is C22H33N5O7S. The van der Waals surface area contributed by atoms with Crippen molar-refractivity contribution in [2.75, 3.05) is 12.0 Å². The number of carbonyl (C=O) groups excluding carboxylic acids is 4. The average molecular weight is 512 g/mol. The van der Waals surface area contributed by atoms with E-state index in [4.69, 9.17) is 11.5 Å². The molecule has 5 atom stereocenters. The Morgan fingerprint density at radius 2 is 1.57 bits per heavy atom. The number of aliphatic hydroxyl groups is 1. The second kappa shape index (κ2) is 15.0. The van der Waals surface area contributed by atoms with Crippen molar-refractivity contribution in [3.63, 3.8) is 0 Å². The Balaban J connectivity index is 2.95. The third-order valence-electron chi connectivity index (χ3n) is 4.97.